The maximum absolute atomic E-state index is 2.90. The van der Waals surface area contributed by atoms with Crippen LogP contribution in [0.5, 0.6) is 0 Å². The zero-order valence-electron chi connectivity index (χ0n) is 11.1. The zero-order valence-corrected chi connectivity index (χ0v) is 11.1. The molecule has 0 amide bonds. The SMILES string of the molecule is C1CCC2C(C1)CC1CC2CN2CCCCC12. The number of fused-ring (bicyclic) bond motifs is 6. The summed E-state index contributed by atoms with van der Waals surface area (Å²) in [5, 5.41) is 0. The fourth-order valence-corrected chi connectivity index (χ4v) is 5.80. The maximum atomic E-state index is 2.90. The van der Waals surface area contributed by atoms with Crippen LogP contribution in [0.15, 0.2) is 0 Å². The Morgan fingerprint density at radius 2 is 1.53 bits per heavy atom. The Kier molecular flexibility index (Phi) is 2.72. The third-order valence-electron chi connectivity index (χ3n) is 6.46. The van der Waals surface area contributed by atoms with Crippen molar-refractivity contribution in [2.75, 3.05) is 13.1 Å². The van der Waals surface area contributed by atoms with E-state index in [1.807, 2.05) is 0 Å². The van der Waals surface area contributed by atoms with Gasteiger partial charge in [0.25, 0.3) is 0 Å². The van der Waals surface area contributed by atoms with E-state index in [1.165, 1.54) is 45.2 Å². The van der Waals surface area contributed by atoms with Crippen LogP contribution in [0.1, 0.15) is 57.8 Å². The van der Waals surface area contributed by atoms with Crippen molar-refractivity contribution in [2.24, 2.45) is 23.7 Å². The van der Waals surface area contributed by atoms with Crippen molar-refractivity contribution in [1.82, 2.24) is 4.90 Å². The van der Waals surface area contributed by atoms with E-state index in [4.69, 9.17) is 0 Å². The van der Waals surface area contributed by atoms with Crippen molar-refractivity contribution in [3.63, 3.8) is 0 Å². The lowest BCUT2D eigenvalue weighted by atomic mass is 9.58. The molecule has 4 rings (SSSR count). The van der Waals surface area contributed by atoms with Crippen LogP contribution in [-0.4, -0.2) is 24.0 Å². The standard InChI is InChI=1S/C16H27N/c1-2-6-15-12(5-1)9-13-10-14(15)11-17-8-4-3-7-16(13)17/h12-16H,1-11H2. The third-order valence-corrected chi connectivity index (χ3v) is 6.46. The number of piperidine rings is 2. The van der Waals surface area contributed by atoms with Crippen molar-refractivity contribution in [3.05, 3.63) is 0 Å². The fraction of sp³-hybridized carbons (Fsp3) is 1.00. The molecule has 0 aromatic carbocycles. The van der Waals surface area contributed by atoms with E-state index in [1.54, 1.807) is 25.7 Å². The molecule has 0 aromatic heterocycles. The van der Waals surface area contributed by atoms with Crippen molar-refractivity contribution >= 4 is 0 Å². The molecule has 0 spiro atoms. The lowest BCUT2D eigenvalue weighted by molar-refractivity contribution is -0.0585. The zero-order chi connectivity index (χ0) is 11.2. The highest BCUT2D eigenvalue weighted by Crippen LogP contribution is 2.51. The minimum Gasteiger partial charge on any atom is -0.300 e. The van der Waals surface area contributed by atoms with Crippen molar-refractivity contribution in [2.45, 2.75) is 63.8 Å². The molecule has 1 heteroatoms. The van der Waals surface area contributed by atoms with Gasteiger partial charge in [-0.1, -0.05) is 25.7 Å². The lowest BCUT2D eigenvalue weighted by Gasteiger charge is -2.56. The summed E-state index contributed by atoms with van der Waals surface area (Å²) in [6, 6.07) is 1.00. The predicted molar refractivity (Wildman–Crippen MR) is 70.9 cm³/mol. The molecule has 17 heavy (non-hydrogen) atoms. The van der Waals surface area contributed by atoms with Crippen LogP contribution in [0, 0.1) is 23.7 Å². The summed E-state index contributed by atoms with van der Waals surface area (Å²) in [6.07, 6.45) is 13.9. The second-order valence-electron chi connectivity index (χ2n) is 7.26. The average molecular weight is 233 g/mol. The van der Waals surface area contributed by atoms with Gasteiger partial charge < -0.3 is 0 Å². The highest BCUT2D eigenvalue weighted by Gasteiger charge is 2.46. The molecular formula is C16H27N. The van der Waals surface area contributed by atoms with E-state index in [-0.39, 0.29) is 0 Å². The van der Waals surface area contributed by atoms with Gasteiger partial charge in [0.15, 0.2) is 0 Å². The first-order valence-corrected chi connectivity index (χ1v) is 8.16. The summed E-state index contributed by atoms with van der Waals surface area (Å²) in [5.41, 5.74) is 0. The van der Waals surface area contributed by atoms with E-state index in [0.29, 0.717) is 0 Å². The summed E-state index contributed by atoms with van der Waals surface area (Å²) in [5.74, 6) is 4.45. The Balaban J connectivity index is 1.56. The number of nitrogens with zero attached hydrogens (tertiary/aromatic N) is 1. The molecular weight excluding hydrogens is 206 g/mol. The molecule has 0 radical (unpaired) electrons. The Morgan fingerprint density at radius 1 is 0.706 bits per heavy atom. The molecule has 0 N–H and O–H groups in total. The maximum Gasteiger partial charge on any atom is 0.0124 e. The number of hydrogen-bond donors (Lipinski definition) is 0. The highest BCUT2D eigenvalue weighted by atomic mass is 15.2. The molecule has 2 heterocycles. The Labute approximate surface area is 106 Å². The van der Waals surface area contributed by atoms with Gasteiger partial charge in [-0.25, -0.2) is 0 Å². The molecule has 0 aromatic rings. The molecule has 4 aliphatic rings. The largest absolute Gasteiger partial charge is 0.300 e. The van der Waals surface area contributed by atoms with Crippen molar-refractivity contribution in [1.29, 1.82) is 0 Å². The van der Waals surface area contributed by atoms with Gasteiger partial charge in [0.05, 0.1) is 0 Å². The van der Waals surface area contributed by atoms with Crippen LogP contribution >= 0.6 is 0 Å². The summed E-state index contributed by atoms with van der Waals surface area (Å²) >= 11 is 0. The highest BCUT2D eigenvalue weighted by molar-refractivity contribution is 4.99. The number of rotatable bonds is 0. The fourth-order valence-electron chi connectivity index (χ4n) is 5.80. The van der Waals surface area contributed by atoms with Crippen molar-refractivity contribution < 1.29 is 0 Å². The molecule has 2 bridgehead atoms. The van der Waals surface area contributed by atoms with E-state index in [9.17, 15) is 0 Å². The number of hydrogen-bond acceptors (Lipinski definition) is 1. The molecule has 4 fully saturated rings. The van der Waals surface area contributed by atoms with Crippen LogP contribution in [0.25, 0.3) is 0 Å². The summed E-state index contributed by atoms with van der Waals surface area (Å²) in [7, 11) is 0. The summed E-state index contributed by atoms with van der Waals surface area (Å²) in [6.45, 7) is 2.90. The van der Waals surface area contributed by atoms with Gasteiger partial charge in [0.1, 0.15) is 0 Å². The molecule has 2 aliphatic heterocycles. The molecule has 5 unspecified atom stereocenters. The van der Waals surface area contributed by atoms with Gasteiger partial charge in [-0.2, -0.15) is 0 Å². The van der Waals surface area contributed by atoms with E-state index >= 15 is 0 Å². The second-order valence-corrected chi connectivity index (χ2v) is 7.26. The first kappa shape index (κ1) is 10.8. The second kappa shape index (κ2) is 4.26. The average Bonchev–Trinajstić information content (AvgIpc) is 2.39. The van der Waals surface area contributed by atoms with Gasteiger partial charge in [-0.15, -0.1) is 0 Å². The van der Waals surface area contributed by atoms with Gasteiger partial charge in [0, 0.05) is 12.6 Å². The molecule has 2 saturated heterocycles. The minimum atomic E-state index is 1.00. The molecule has 2 saturated carbocycles. The summed E-state index contributed by atoms with van der Waals surface area (Å²) < 4.78 is 0. The van der Waals surface area contributed by atoms with Gasteiger partial charge in [0.2, 0.25) is 0 Å². The molecule has 2 aliphatic carbocycles. The van der Waals surface area contributed by atoms with Gasteiger partial charge in [-0.3, -0.25) is 4.90 Å². The smallest absolute Gasteiger partial charge is 0.0124 e. The third kappa shape index (κ3) is 1.77. The monoisotopic (exact) mass is 233 g/mol. The summed E-state index contributed by atoms with van der Waals surface area (Å²) in [4.78, 5) is 2.90. The van der Waals surface area contributed by atoms with Gasteiger partial charge >= 0.3 is 0 Å². The Hall–Kier alpha value is -0.0400. The predicted octanol–water partition coefficient (Wildman–Crippen LogP) is 3.69. The van der Waals surface area contributed by atoms with Crippen LogP contribution in [0.3, 0.4) is 0 Å². The Bertz CT molecular complexity index is 259. The van der Waals surface area contributed by atoms with E-state index in [0.717, 1.165) is 29.7 Å². The Morgan fingerprint density at radius 3 is 2.53 bits per heavy atom. The van der Waals surface area contributed by atoms with Crippen molar-refractivity contribution in [3.8, 4) is 0 Å². The topological polar surface area (TPSA) is 3.24 Å². The quantitative estimate of drug-likeness (QED) is 0.617. The van der Waals surface area contributed by atoms with Crippen LogP contribution < -0.4 is 0 Å². The minimum absolute atomic E-state index is 1.00. The first-order chi connectivity index (χ1) is 8.42. The molecule has 5 atom stereocenters. The van der Waals surface area contributed by atoms with E-state index < -0.39 is 0 Å². The normalized spacial score (nSPS) is 50.5. The molecule has 1 nitrogen and oxygen atoms in total. The van der Waals surface area contributed by atoms with Gasteiger partial charge in [-0.05, 0) is 62.3 Å². The lowest BCUT2D eigenvalue weighted by Crippen LogP contribution is -2.56. The van der Waals surface area contributed by atoms with Crippen LogP contribution in [-0.2, 0) is 0 Å². The first-order valence-electron chi connectivity index (χ1n) is 8.16. The van der Waals surface area contributed by atoms with Crippen LogP contribution in [0.4, 0.5) is 0 Å². The van der Waals surface area contributed by atoms with Crippen LogP contribution in [0.2, 0.25) is 0 Å². The van der Waals surface area contributed by atoms with E-state index in [2.05, 4.69) is 4.90 Å². The molecule has 96 valence electrons.